The second-order valence-corrected chi connectivity index (χ2v) is 19.6. The molecule has 1 atom stereocenters. The first kappa shape index (κ1) is 38.4. The molecule has 6 aromatic carbocycles. The molecule has 0 spiro atoms. The first-order chi connectivity index (χ1) is 32.1. The minimum Gasteiger partial charge on any atom is -0.510 e. The van der Waals surface area contributed by atoms with Gasteiger partial charge < -0.3 is 13.9 Å². The number of aromatic nitrogens is 4. The molecule has 0 aliphatic heterocycles. The van der Waals surface area contributed by atoms with Gasteiger partial charge in [0.05, 0.1) is 12.5 Å². The Kier molecular flexibility index (Phi) is 10.3. The molecule has 5 nitrogen and oxygen atoms in total. The van der Waals surface area contributed by atoms with Gasteiger partial charge in [0.1, 0.15) is 5.82 Å². The molecule has 3 heterocycles. The van der Waals surface area contributed by atoms with E-state index in [0.29, 0.717) is 34.4 Å². The Balaban J connectivity index is 0.00000642. The number of hydrogen-bond donors (Lipinski definition) is 0. The Hall–Kier alpha value is -6.03. The van der Waals surface area contributed by atoms with Crippen molar-refractivity contribution in [3.05, 3.63) is 187 Å². The average Bonchev–Trinajstić information content (AvgIpc) is 3.92. The van der Waals surface area contributed by atoms with Gasteiger partial charge in [-0.1, -0.05) is 160 Å². The first-order valence-corrected chi connectivity index (χ1v) is 21.6. The maximum atomic E-state index is 9.04. The van der Waals surface area contributed by atoms with E-state index in [0.717, 1.165) is 49.9 Å². The van der Waals surface area contributed by atoms with E-state index in [1.165, 1.54) is 5.56 Å². The molecule has 0 fully saturated rings. The molecule has 0 radical (unpaired) electrons. The second-order valence-electron chi connectivity index (χ2n) is 19.6. The van der Waals surface area contributed by atoms with Crippen LogP contribution in [0.5, 0.6) is 11.5 Å². The monoisotopic (exact) mass is 1020 g/mol. The molecule has 1 unspecified atom stereocenters. The number of benzene rings is 6. The van der Waals surface area contributed by atoms with E-state index in [1.54, 1.807) is 0 Å². The van der Waals surface area contributed by atoms with Gasteiger partial charge in [-0.2, -0.15) is 18.2 Å². The van der Waals surface area contributed by atoms with Gasteiger partial charge in [0.2, 0.25) is 0 Å². The van der Waals surface area contributed by atoms with Crippen LogP contribution in [0.3, 0.4) is 0 Å². The van der Waals surface area contributed by atoms with Crippen molar-refractivity contribution >= 4 is 21.8 Å². The van der Waals surface area contributed by atoms with Crippen molar-refractivity contribution in [2.24, 2.45) is 5.41 Å². The van der Waals surface area contributed by atoms with E-state index in [9.17, 15) is 0 Å². The number of imidazole rings is 1. The van der Waals surface area contributed by atoms with E-state index in [4.69, 9.17) is 16.6 Å². The van der Waals surface area contributed by atoms with Crippen molar-refractivity contribution in [3.63, 3.8) is 0 Å². The summed E-state index contributed by atoms with van der Waals surface area (Å²) in [7, 11) is 0. The van der Waals surface area contributed by atoms with E-state index >= 15 is 0 Å². The third-order valence-electron chi connectivity index (χ3n) is 12.2. The van der Waals surface area contributed by atoms with Crippen LogP contribution in [0.2, 0.25) is 0 Å². The number of rotatable bonds is 8. The third kappa shape index (κ3) is 8.76. The van der Waals surface area contributed by atoms with E-state index < -0.39 is 18.1 Å². The van der Waals surface area contributed by atoms with Gasteiger partial charge in [0.15, 0.2) is 0 Å². The summed E-state index contributed by atoms with van der Waals surface area (Å²) in [4.78, 5) is 4.87. The minimum atomic E-state index is -0.440. The standard InChI is InChI=1S/C58H56N4O.Pt/c1-39(56(2,3)4)41-28-29-59-54(34-41)62-52-25-15-14-22-50(52)51-27-26-47(37-53(51)62)63-46-21-16-20-45(36-46)60-30-31-61(38-60)55-48(40-18-12-11-13-19-40)23-17-24-49(55)42-32-43(57(5,6)7)35-44(33-42)58(8,9)10;/h11-35,39H,1-10H3;/q-2;/i11D,12D,13D,18D,19D;. The molecule has 3 aromatic heterocycles. The van der Waals surface area contributed by atoms with Crippen LogP contribution in [0, 0.1) is 23.9 Å². The van der Waals surface area contributed by atoms with Gasteiger partial charge in [-0.05, 0) is 90.4 Å². The Labute approximate surface area is 400 Å². The summed E-state index contributed by atoms with van der Waals surface area (Å²) >= 11 is 0. The quantitative estimate of drug-likeness (QED) is 0.112. The van der Waals surface area contributed by atoms with Gasteiger partial charge in [-0.25, -0.2) is 4.98 Å². The fourth-order valence-corrected chi connectivity index (χ4v) is 8.10. The van der Waals surface area contributed by atoms with Gasteiger partial charge in [-0.15, -0.1) is 29.7 Å². The smallest absolute Gasteiger partial charge is 0.267 e. The molecule has 9 aromatic rings. The Morgan fingerprint density at radius 2 is 1.36 bits per heavy atom. The number of pyridine rings is 1. The van der Waals surface area contributed by atoms with E-state index in [2.05, 4.69) is 141 Å². The molecular weight excluding hydrogens is 964 g/mol. The van der Waals surface area contributed by atoms with Crippen LogP contribution < -0.4 is 9.30 Å². The molecular formula is C58H56N4OPt-2. The van der Waals surface area contributed by atoms with Crippen molar-refractivity contribution in [2.45, 2.75) is 86.0 Å². The van der Waals surface area contributed by atoms with Crippen LogP contribution in [0.1, 0.15) is 98.7 Å². The summed E-state index contributed by atoms with van der Waals surface area (Å²) in [5, 5.41) is 2.13. The second kappa shape index (κ2) is 17.2. The van der Waals surface area contributed by atoms with Gasteiger partial charge in [0, 0.05) is 56.7 Å². The minimum absolute atomic E-state index is 0. The molecule has 64 heavy (non-hydrogen) atoms. The summed E-state index contributed by atoms with van der Waals surface area (Å²) < 4.78 is 56.0. The molecule has 326 valence electrons. The third-order valence-corrected chi connectivity index (χ3v) is 12.2. The zero-order chi connectivity index (χ0) is 48.6. The predicted octanol–water partition coefficient (Wildman–Crippen LogP) is 14.5. The first-order valence-electron chi connectivity index (χ1n) is 24.1. The van der Waals surface area contributed by atoms with Crippen LogP contribution in [0.4, 0.5) is 0 Å². The van der Waals surface area contributed by atoms with Gasteiger partial charge >= 0.3 is 0 Å². The predicted molar refractivity (Wildman–Crippen MR) is 259 cm³/mol. The average molecular weight is 1030 g/mol. The van der Waals surface area contributed by atoms with E-state index in [-0.39, 0.29) is 55.0 Å². The molecule has 0 aliphatic rings. The van der Waals surface area contributed by atoms with Crippen molar-refractivity contribution in [1.82, 2.24) is 14.1 Å². The SMILES string of the molecule is [2H]c1c([2H])c([2H])c(-c2cccc(-c3cc(C(C)(C)C)cc(C(C)(C)C)c3)c2-[n+]2[c-]n(-c3[c-]c(Oc4[c-]c5c(cc4)c4ccccc4n5-c4cc(C(C)C(C)(C)C)ccn4)ccc3)cc2)c([2H])c1[2H].[Pt]. The molecule has 9 rings (SSSR count). The number of fused-ring (bicyclic) bond motifs is 3. The van der Waals surface area contributed by atoms with Crippen LogP contribution in [0.15, 0.2) is 152 Å². The van der Waals surface area contributed by atoms with Crippen LogP contribution in [-0.4, -0.2) is 14.1 Å². The Morgan fingerprint density at radius 3 is 2.06 bits per heavy atom. The summed E-state index contributed by atoms with van der Waals surface area (Å²) in [6, 6.07) is 39.9. The molecule has 0 aliphatic carbocycles. The van der Waals surface area contributed by atoms with E-state index in [1.807, 2.05) is 82.3 Å². The number of para-hydroxylation sites is 2. The van der Waals surface area contributed by atoms with Crippen LogP contribution in [0.25, 0.3) is 61.3 Å². The fourth-order valence-electron chi connectivity index (χ4n) is 8.10. The number of hydrogen-bond acceptors (Lipinski definition) is 2. The number of nitrogens with zero attached hydrogens (tertiary/aromatic N) is 4. The number of ether oxygens (including phenoxy) is 1. The van der Waals surface area contributed by atoms with Crippen molar-refractivity contribution in [2.75, 3.05) is 0 Å². The van der Waals surface area contributed by atoms with Crippen LogP contribution >= 0.6 is 0 Å². The zero-order valence-corrected chi connectivity index (χ0v) is 40.4. The molecule has 0 bridgehead atoms. The van der Waals surface area contributed by atoms with Gasteiger partial charge in [0.25, 0.3) is 6.33 Å². The van der Waals surface area contributed by atoms with Crippen LogP contribution in [-0.2, 0) is 31.9 Å². The maximum absolute atomic E-state index is 9.04. The fraction of sp³-hybridized carbons (Fsp3) is 0.241. The summed E-state index contributed by atoms with van der Waals surface area (Å²) in [5.74, 6) is 2.12. The van der Waals surface area contributed by atoms with Crippen molar-refractivity contribution < 1.29 is 37.2 Å². The Bertz CT molecular complexity index is 3360. The topological polar surface area (TPSA) is 35.9 Å². The summed E-state index contributed by atoms with van der Waals surface area (Å²) in [6.07, 6.45) is 9.10. The normalized spacial score (nSPS) is 13.8. The van der Waals surface area contributed by atoms with Crippen molar-refractivity contribution in [1.29, 1.82) is 0 Å². The molecule has 0 N–H and O–H groups in total. The zero-order valence-electron chi connectivity index (χ0n) is 43.1. The molecule has 0 saturated heterocycles. The Morgan fingerprint density at radius 1 is 0.688 bits per heavy atom. The molecule has 0 saturated carbocycles. The molecule has 0 amide bonds. The van der Waals surface area contributed by atoms with Gasteiger partial charge in [-0.3, -0.25) is 4.57 Å². The maximum Gasteiger partial charge on any atom is 0.267 e. The largest absolute Gasteiger partial charge is 0.510 e. The summed E-state index contributed by atoms with van der Waals surface area (Å²) in [5.41, 5.74) is 8.78. The molecule has 6 heteroatoms. The summed E-state index contributed by atoms with van der Waals surface area (Å²) in [6.45, 7) is 22.2. The van der Waals surface area contributed by atoms with Crippen molar-refractivity contribution in [3.8, 4) is 50.9 Å².